The Hall–Kier alpha value is -2.31. The Bertz CT molecular complexity index is 1170. The van der Waals surface area contributed by atoms with Gasteiger partial charge >= 0.3 is 0 Å². The van der Waals surface area contributed by atoms with Crippen molar-refractivity contribution in [1.29, 1.82) is 0 Å². The highest BCUT2D eigenvalue weighted by Crippen LogP contribution is 2.27. The molecule has 0 aliphatic rings. The molecule has 0 saturated carbocycles. The molecule has 0 amide bonds. The molecule has 12 heteroatoms. The average Bonchev–Trinajstić information content (AvgIpc) is 3.15. The number of sulfonamides is 1. The lowest BCUT2D eigenvalue weighted by molar-refractivity contribution is 0.221. The monoisotopic (exact) mass is 499 g/mol. The molecule has 1 aromatic carbocycles. The van der Waals surface area contributed by atoms with Crippen LogP contribution in [0.2, 0.25) is 5.02 Å². The number of nitrogens with zero attached hydrogens (tertiary/aromatic N) is 2. The van der Waals surface area contributed by atoms with Crippen molar-refractivity contribution in [3.8, 4) is 5.88 Å². The second-order valence-corrected chi connectivity index (χ2v) is 10.2. The van der Waals surface area contributed by atoms with E-state index in [0.29, 0.717) is 24.3 Å². The summed E-state index contributed by atoms with van der Waals surface area (Å²) in [4.78, 5) is 7.47. The lowest BCUT2D eigenvalue weighted by Gasteiger charge is -2.22. The number of pyridine rings is 1. The molecule has 0 radical (unpaired) electrons. The molecule has 8 nitrogen and oxygen atoms in total. The molecule has 1 unspecified atom stereocenters. The SMILES string of the molecule is C[C@@H](N)C(COc1ncc(S(=O)(=O)Nc2ncc(F)s2)cc1Cl)Cc1ccccc1CN. The Labute approximate surface area is 194 Å². The fraction of sp³-hybridized carbons (Fsp3) is 0.300. The molecule has 3 aromatic rings. The number of aromatic nitrogens is 2. The lowest BCUT2D eigenvalue weighted by Crippen LogP contribution is -2.33. The van der Waals surface area contributed by atoms with E-state index in [-0.39, 0.29) is 39.5 Å². The van der Waals surface area contributed by atoms with Gasteiger partial charge in [0.2, 0.25) is 5.88 Å². The molecule has 0 bridgehead atoms. The van der Waals surface area contributed by atoms with E-state index in [9.17, 15) is 12.8 Å². The van der Waals surface area contributed by atoms with Crippen LogP contribution in [0.5, 0.6) is 5.88 Å². The van der Waals surface area contributed by atoms with Crippen molar-refractivity contribution in [1.82, 2.24) is 9.97 Å². The highest BCUT2D eigenvalue weighted by atomic mass is 35.5. The fourth-order valence-electron chi connectivity index (χ4n) is 2.96. The maximum Gasteiger partial charge on any atom is 0.265 e. The molecule has 3 rings (SSSR count). The minimum Gasteiger partial charge on any atom is -0.476 e. The van der Waals surface area contributed by atoms with Gasteiger partial charge in [0.05, 0.1) is 19.0 Å². The molecule has 2 atom stereocenters. The zero-order chi connectivity index (χ0) is 23.3. The summed E-state index contributed by atoms with van der Waals surface area (Å²) in [6.45, 7) is 2.54. The number of benzene rings is 1. The number of ether oxygens (including phenoxy) is 1. The summed E-state index contributed by atoms with van der Waals surface area (Å²) in [7, 11) is -4.04. The van der Waals surface area contributed by atoms with Gasteiger partial charge in [-0.15, -0.1) is 0 Å². The molecule has 0 aliphatic carbocycles. The van der Waals surface area contributed by atoms with Crippen LogP contribution in [0.15, 0.2) is 47.6 Å². The summed E-state index contributed by atoms with van der Waals surface area (Å²) in [6.07, 6.45) is 2.69. The van der Waals surface area contributed by atoms with Crippen LogP contribution in [0.25, 0.3) is 0 Å². The molecule has 0 spiro atoms. The van der Waals surface area contributed by atoms with E-state index in [1.165, 1.54) is 6.07 Å². The number of hydrogen-bond donors (Lipinski definition) is 3. The van der Waals surface area contributed by atoms with Crippen LogP contribution in [0, 0.1) is 11.0 Å². The first-order chi connectivity index (χ1) is 15.2. The summed E-state index contributed by atoms with van der Waals surface area (Å²) in [5.41, 5.74) is 14.1. The zero-order valence-corrected chi connectivity index (χ0v) is 19.6. The van der Waals surface area contributed by atoms with Crippen molar-refractivity contribution in [2.45, 2.75) is 30.8 Å². The second-order valence-electron chi connectivity index (χ2n) is 7.14. The van der Waals surface area contributed by atoms with Crippen molar-refractivity contribution in [3.05, 3.63) is 64.0 Å². The van der Waals surface area contributed by atoms with Crippen LogP contribution < -0.4 is 20.9 Å². The Morgan fingerprint density at radius 3 is 2.56 bits per heavy atom. The van der Waals surface area contributed by atoms with Crippen LogP contribution >= 0.6 is 22.9 Å². The summed E-state index contributed by atoms with van der Waals surface area (Å²) < 4.78 is 45.9. The highest BCUT2D eigenvalue weighted by Gasteiger charge is 2.21. The van der Waals surface area contributed by atoms with E-state index in [1.807, 2.05) is 31.2 Å². The molecule has 5 N–H and O–H groups in total. The van der Waals surface area contributed by atoms with Gasteiger partial charge in [-0.25, -0.2) is 18.4 Å². The van der Waals surface area contributed by atoms with Crippen LogP contribution in [-0.2, 0) is 23.0 Å². The standard InChI is InChI=1S/C20H23ClFN5O3S2/c1-12(24)15(6-13-4-2-3-5-14(13)8-23)11-30-19-17(21)7-16(9-25-19)32(28,29)27-20-26-10-18(22)31-20/h2-5,7,9-10,12,15H,6,8,11,23-24H2,1H3,(H,26,27)/t12-,15?/m1/s1. The van der Waals surface area contributed by atoms with Crippen molar-refractivity contribution in [3.63, 3.8) is 0 Å². The van der Waals surface area contributed by atoms with Gasteiger partial charge in [0.25, 0.3) is 10.0 Å². The Morgan fingerprint density at radius 1 is 1.25 bits per heavy atom. The van der Waals surface area contributed by atoms with Crippen molar-refractivity contribution < 1.29 is 17.5 Å². The largest absolute Gasteiger partial charge is 0.476 e. The zero-order valence-electron chi connectivity index (χ0n) is 17.2. The predicted molar refractivity (Wildman–Crippen MR) is 123 cm³/mol. The topological polar surface area (TPSA) is 133 Å². The number of rotatable bonds is 10. The number of halogens is 2. The highest BCUT2D eigenvalue weighted by molar-refractivity contribution is 7.93. The first-order valence-electron chi connectivity index (χ1n) is 9.64. The fourth-order valence-corrected chi connectivity index (χ4v) is 5.00. The van der Waals surface area contributed by atoms with Crippen LogP contribution in [0.3, 0.4) is 0 Å². The van der Waals surface area contributed by atoms with E-state index in [0.717, 1.165) is 23.5 Å². The Kier molecular flexibility index (Phi) is 8.01. The number of nitrogens with two attached hydrogens (primary N) is 2. The van der Waals surface area contributed by atoms with Gasteiger partial charge in [-0.05, 0) is 30.5 Å². The molecular formula is C20H23ClFN5O3S2. The van der Waals surface area contributed by atoms with Crippen molar-refractivity contribution >= 4 is 38.1 Å². The summed E-state index contributed by atoms with van der Waals surface area (Å²) in [5.74, 6) is 0.0362. The minimum atomic E-state index is -4.04. The second kappa shape index (κ2) is 10.5. The van der Waals surface area contributed by atoms with Crippen LogP contribution in [0.4, 0.5) is 9.52 Å². The third-order valence-electron chi connectivity index (χ3n) is 4.79. The Morgan fingerprint density at radius 2 is 1.97 bits per heavy atom. The summed E-state index contributed by atoms with van der Waals surface area (Å²) in [6, 6.07) is 8.88. The number of thiazole rings is 1. The maximum atomic E-state index is 13.1. The van der Waals surface area contributed by atoms with E-state index in [4.69, 9.17) is 27.8 Å². The van der Waals surface area contributed by atoms with Gasteiger partial charge in [-0.3, -0.25) is 4.72 Å². The number of hydrogen-bond acceptors (Lipinski definition) is 8. The lowest BCUT2D eigenvalue weighted by atomic mass is 9.91. The quantitative estimate of drug-likeness (QED) is 0.390. The summed E-state index contributed by atoms with van der Waals surface area (Å²) >= 11 is 6.78. The molecule has 32 heavy (non-hydrogen) atoms. The third-order valence-corrected chi connectivity index (χ3v) is 7.20. The van der Waals surface area contributed by atoms with E-state index in [2.05, 4.69) is 14.7 Å². The summed E-state index contributed by atoms with van der Waals surface area (Å²) in [5, 5.41) is -0.694. The van der Waals surface area contributed by atoms with Gasteiger partial charge in [0, 0.05) is 18.5 Å². The van der Waals surface area contributed by atoms with Crippen molar-refractivity contribution in [2.24, 2.45) is 17.4 Å². The molecule has 172 valence electrons. The molecular weight excluding hydrogens is 477 g/mol. The minimum absolute atomic E-state index is 0.0176. The normalized spacial score (nSPS) is 13.5. The van der Waals surface area contributed by atoms with E-state index in [1.54, 1.807) is 0 Å². The van der Waals surface area contributed by atoms with E-state index < -0.39 is 15.2 Å². The van der Waals surface area contributed by atoms with Crippen molar-refractivity contribution in [2.75, 3.05) is 11.3 Å². The van der Waals surface area contributed by atoms with Crippen LogP contribution in [-0.4, -0.2) is 31.0 Å². The smallest absolute Gasteiger partial charge is 0.265 e. The molecule has 2 heterocycles. The third kappa shape index (κ3) is 6.14. The first kappa shape index (κ1) is 24.3. The van der Waals surface area contributed by atoms with Gasteiger partial charge in [-0.1, -0.05) is 47.2 Å². The van der Waals surface area contributed by atoms with Crippen LogP contribution in [0.1, 0.15) is 18.1 Å². The average molecular weight is 500 g/mol. The predicted octanol–water partition coefficient (Wildman–Crippen LogP) is 3.18. The molecule has 2 aromatic heterocycles. The van der Waals surface area contributed by atoms with Gasteiger partial charge in [-0.2, -0.15) is 4.39 Å². The molecule has 0 aliphatic heterocycles. The van der Waals surface area contributed by atoms with Gasteiger partial charge in [0.15, 0.2) is 10.3 Å². The number of nitrogens with one attached hydrogen (secondary N) is 1. The molecule has 0 saturated heterocycles. The number of anilines is 1. The molecule has 0 fully saturated rings. The van der Waals surface area contributed by atoms with E-state index >= 15 is 0 Å². The van der Waals surface area contributed by atoms with Gasteiger partial charge < -0.3 is 16.2 Å². The maximum absolute atomic E-state index is 13.1. The van der Waals surface area contributed by atoms with Gasteiger partial charge in [0.1, 0.15) is 9.92 Å². The first-order valence-corrected chi connectivity index (χ1v) is 12.3. The Balaban J connectivity index is 1.70.